The third-order valence-electron chi connectivity index (χ3n) is 6.92. The van der Waals surface area contributed by atoms with E-state index in [9.17, 15) is 70.9 Å². The first-order valence-electron chi connectivity index (χ1n) is 14.0. The van der Waals surface area contributed by atoms with Gasteiger partial charge in [-0.3, -0.25) is 0 Å². The molecule has 34 heteroatoms. The zero-order valence-electron chi connectivity index (χ0n) is 31.0. The predicted molar refractivity (Wildman–Crippen MR) is 173 cm³/mol. The minimum atomic E-state index is -5.76. The first-order valence-corrected chi connectivity index (χ1v) is 20.0. The van der Waals surface area contributed by atoms with E-state index in [1.165, 1.54) is 0 Å². The maximum Gasteiger partial charge on any atom is 2.00 e. The van der Waals surface area contributed by atoms with Crippen molar-refractivity contribution in [2.75, 3.05) is 12.4 Å². The number of aromatic nitrogens is 2. The fourth-order valence-corrected chi connectivity index (χ4v) is 7.44. The van der Waals surface area contributed by atoms with Crippen LogP contribution in [0.2, 0.25) is 5.02 Å². The number of fused-ring (bicyclic) bond motifs is 1. The average Bonchev–Trinajstić information content (AvgIpc) is 3.07. The van der Waals surface area contributed by atoms with Crippen molar-refractivity contribution in [3.8, 4) is 17.2 Å². The molecule has 1 radical (unpaired) electrons. The number of ether oxygens (including phenoxy) is 1. The number of nitrogens with zero attached hydrogens (tertiary/aromatic N) is 6. The van der Waals surface area contributed by atoms with Gasteiger partial charge in [0.05, 0.1) is 38.9 Å². The van der Waals surface area contributed by atoms with Gasteiger partial charge in [0.25, 0.3) is 0 Å². The molecular weight excluding hydrogens is 1020 g/mol. The summed E-state index contributed by atoms with van der Waals surface area (Å²) in [5, 5.41) is 39.7. The molecule has 1 heterocycles. The summed E-state index contributed by atoms with van der Waals surface area (Å²) in [7, 11) is -21.4. The van der Waals surface area contributed by atoms with Crippen LogP contribution in [0.4, 0.5) is 43.0 Å². The van der Waals surface area contributed by atoms with Gasteiger partial charge in [-0.05, 0) is 59.3 Å². The Kier molecular flexibility index (Phi) is 22.5. The van der Waals surface area contributed by atoms with Gasteiger partial charge in [-0.25, -0.2) is 33.7 Å². The Morgan fingerprint density at radius 3 is 1.79 bits per heavy atom. The number of benzene rings is 4. The van der Waals surface area contributed by atoms with Crippen LogP contribution >= 0.6 is 11.6 Å². The number of nitrogens with one attached hydrogen (secondary N) is 1. The number of halogens is 3. The Balaban J connectivity index is 0.00000720. The van der Waals surface area contributed by atoms with Gasteiger partial charge in [-0.2, -0.15) is 29.0 Å². The molecule has 0 aliphatic carbocycles. The van der Waals surface area contributed by atoms with Crippen LogP contribution in [0.25, 0.3) is 10.8 Å². The Labute approximate surface area is 447 Å². The molecule has 0 bridgehead atoms. The van der Waals surface area contributed by atoms with Crippen LogP contribution < -0.4 is 138 Å². The van der Waals surface area contributed by atoms with E-state index >= 15 is 0 Å². The summed E-state index contributed by atoms with van der Waals surface area (Å²) in [5.74, 6) is -5.74. The van der Waals surface area contributed by atoms with Crippen molar-refractivity contribution in [1.82, 2.24) is 9.97 Å². The van der Waals surface area contributed by atoms with E-state index in [4.69, 9.17) is 16.3 Å². The molecule has 4 aromatic carbocycles. The molecule has 0 saturated heterocycles. The molecule has 0 amide bonds. The SMILES string of the molecule is COc1c(N=Nc2ccc(N=Nc3c(S(=O)(=O)[O-])cc4cc(S(=O)(=O)[O-])cc(S(=O)(=O)[O-])c4c3[O-])c([O-])c2)cc(Nc2nc(F)nc(F)c2Cl)cc1S(=O)(=O)[O-].[Cu+2].[Na+].[Na+].[Na+].[Na+]. The third-order valence-corrected chi connectivity index (χ3v) is 10.6. The van der Waals surface area contributed by atoms with E-state index in [-0.39, 0.29) is 153 Å². The van der Waals surface area contributed by atoms with Gasteiger partial charge in [-0.1, -0.05) is 23.1 Å². The molecule has 1 N–H and O–H groups in total. The molecule has 0 aliphatic rings. The Bertz CT molecular complexity index is 3040. The molecule has 61 heavy (non-hydrogen) atoms. The molecule has 22 nitrogen and oxygen atoms in total. The number of hydrogen-bond acceptors (Lipinski definition) is 22. The summed E-state index contributed by atoms with van der Waals surface area (Å²) in [5.41, 5.74) is -3.38. The van der Waals surface area contributed by atoms with E-state index in [0.717, 1.165) is 25.3 Å². The molecule has 0 unspecified atom stereocenters. The summed E-state index contributed by atoms with van der Waals surface area (Å²) in [6.45, 7) is 0. The van der Waals surface area contributed by atoms with Gasteiger partial charge in [0.2, 0.25) is 5.95 Å². The average molecular weight is 1030 g/mol. The first kappa shape index (κ1) is 59.9. The summed E-state index contributed by atoms with van der Waals surface area (Å²) >= 11 is 5.73. The van der Waals surface area contributed by atoms with Crippen molar-refractivity contribution in [2.24, 2.45) is 20.5 Å². The fraction of sp³-hybridized carbons (Fsp3) is 0.0370. The van der Waals surface area contributed by atoms with E-state index < -0.39 is 134 Å². The van der Waals surface area contributed by atoms with Crippen molar-refractivity contribution >= 4 is 97.1 Å². The number of anilines is 2. The summed E-state index contributed by atoms with van der Waals surface area (Å²) < 4.78 is 175. The van der Waals surface area contributed by atoms with Crippen LogP contribution in [0.15, 0.2) is 88.6 Å². The Hall–Kier alpha value is -1.07. The minimum absolute atomic E-state index is 0. The molecule has 305 valence electrons. The first-order chi connectivity index (χ1) is 25.8. The van der Waals surface area contributed by atoms with Gasteiger partial charge < -0.3 is 38.5 Å². The zero-order valence-corrected chi connectivity index (χ0v) is 44.0. The second-order valence-corrected chi connectivity index (χ2v) is 16.3. The molecule has 0 aliphatic heterocycles. The van der Waals surface area contributed by atoms with Crippen molar-refractivity contribution in [3.63, 3.8) is 0 Å². The van der Waals surface area contributed by atoms with Gasteiger partial charge in [0.15, 0.2) is 11.6 Å². The van der Waals surface area contributed by atoms with Crippen LogP contribution in [0, 0.1) is 12.0 Å². The van der Waals surface area contributed by atoms with E-state index in [1.807, 2.05) is 0 Å². The van der Waals surface area contributed by atoms with Gasteiger partial charge in [-0.15, -0.1) is 10.2 Å². The largest absolute Gasteiger partial charge is 2.00 e. The number of azo groups is 2. The molecule has 1 aromatic heterocycles. The Morgan fingerprint density at radius 1 is 0.689 bits per heavy atom. The Morgan fingerprint density at radius 2 is 1.26 bits per heavy atom. The van der Waals surface area contributed by atoms with Crippen LogP contribution in [-0.2, 0) is 57.5 Å². The van der Waals surface area contributed by atoms with Gasteiger partial charge >= 0.3 is 141 Å². The van der Waals surface area contributed by atoms with Crippen LogP contribution in [0.1, 0.15) is 0 Å². The van der Waals surface area contributed by atoms with Crippen LogP contribution in [0.3, 0.4) is 0 Å². The number of methoxy groups -OCH3 is 1. The summed E-state index contributed by atoms with van der Waals surface area (Å²) in [6.07, 6.45) is -1.57. The van der Waals surface area contributed by atoms with Crippen LogP contribution in [-0.4, -0.2) is 69.0 Å². The van der Waals surface area contributed by atoms with Gasteiger partial charge in [0.1, 0.15) is 56.1 Å². The van der Waals surface area contributed by atoms with Crippen molar-refractivity contribution in [3.05, 3.63) is 65.6 Å². The maximum atomic E-state index is 13.8. The van der Waals surface area contributed by atoms with E-state index in [0.29, 0.717) is 18.2 Å². The van der Waals surface area contributed by atoms with Crippen LogP contribution in [0.5, 0.6) is 17.2 Å². The van der Waals surface area contributed by atoms with E-state index in [2.05, 4.69) is 35.7 Å². The van der Waals surface area contributed by atoms with Gasteiger partial charge in [0, 0.05) is 5.69 Å². The molecule has 0 saturated carbocycles. The zero-order chi connectivity index (χ0) is 41.7. The molecule has 5 aromatic rings. The third kappa shape index (κ3) is 14.2. The predicted octanol–water partition coefficient (Wildman–Crippen LogP) is -9.08. The maximum absolute atomic E-state index is 13.8. The minimum Gasteiger partial charge on any atom is -0.871 e. The molecule has 5 rings (SSSR count). The topological polar surface area (TPSA) is 371 Å². The normalized spacial score (nSPS) is 11.8. The molecular formula is C27H12ClCuF2N7Na4O15S4. The van der Waals surface area contributed by atoms with Crippen molar-refractivity contribution in [1.29, 1.82) is 0 Å². The second-order valence-electron chi connectivity index (χ2n) is 10.5. The van der Waals surface area contributed by atoms with Crippen molar-refractivity contribution < 1.29 is 211 Å². The summed E-state index contributed by atoms with van der Waals surface area (Å²) in [4.78, 5) is 0.493. The second kappa shape index (κ2) is 22.9. The van der Waals surface area contributed by atoms with Crippen molar-refractivity contribution in [2.45, 2.75) is 19.6 Å². The quantitative estimate of drug-likeness (QED) is 0.0422. The fourth-order valence-electron chi connectivity index (χ4n) is 4.64. The summed E-state index contributed by atoms with van der Waals surface area (Å²) in [6, 6.07) is 4.82. The molecule has 0 atom stereocenters. The molecule has 0 fully saturated rings. The molecule has 0 spiro atoms. The smallest absolute Gasteiger partial charge is 0.871 e. The number of rotatable bonds is 11. The van der Waals surface area contributed by atoms with E-state index in [1.54, 1.807) is 0 Å². The number of hydrogen-bond donors (Lipinski definition) is 1. The standard InChI is InChI=1S/C27H18ClF2N7O15S4.Cu.4Na/c1-52-24-15(6-12(8-19(24)56(49,50)51)31-26-21(28)25(29)32-27(30)33-26)36-34-11-2-3-14(16(38)7-11)35-37-22-18(55(46,47)48)5-10-4-13(53(40,41)42)9-17(54(43,44)45)20(10)23(22)39;;;;;/h2-9,38-39H,1H3,(H,31,32,33)(H,40,41,42)(H,43,44,45)(H,46,47,48)(H,49,50,51);;;;;/q;+2;4*+1/p-6. The monoisotopic (exact) mass is 1030 g/mol.